The molecule has 0 spiro atoms. The van der Waals surface area contributed by atoms with Crippen molar-refractivity contribution in [3.63, 3.8) is 0 Å². The standard InChI is InChI=1S/C35H51N3O15/c1-20(37-24(39)8-6-5-7-14-38-25(40)11-12-26(38)41)31(45)36-13-15-49-16-17-50-22-10-9-21(19-51-34(48)35(2,3)4)23(18-22)52-33-29(44)27(42)28(43)30(53-33)32(46)47/h9-10,18,20,27-30,33,42-44H,5-8,11-17,19H2,1-4H3,(H,36,45)(H,37,39)(H,46,47)/t20-,27+,28+,29-,30+,33-/m1/s1. The Balaban J connectivity index is 1.40. The smallest absolute Gasteiger partial charge is 0.335 e. The van der Waals surface area contributed by atoms with Crippen LogP contribution < -0.4 is 20.1 Å². The molecule has 0 aliphatic carbocycles. The predicted octanol–water partition coefficient (Wildman–Crippen LogP) is -0.227. The van der Waals surface area contributed by atoms with Crippen LogP contribution in [0.3, 0.4) is 0 Å². The minimum atomic E-state index is -1.91. The molecule has 3 rings (SSSR count). The second kappa shape index (κ2) is 20.2. The normalized spacial score (nSPS) is 22.2. The number of carbonyl (C=O) groups is 6. The first-order valence-corrected chi connectivity index (χ1v) is 17.5. The van der Waals surface area contributed by atoms with Gasteiger partial charge in [-0.3, -0.25) is 28.9 Å². The highest BCUT2D eigenvalue weighted by Crippen LogP contribution is 2.31. The Hall–Kier alpha value is -4.36. The number of imide groups is 1. The van der Waals surface area contributed by atoms with Crippen LogP contribution in [0.25, 0.3) is 0 Å². The van der Waals surface area contributed by atoms with Gasteiger partial charge >= 0.3 is 11.9 Å². The molecule has 296 valence electrons. The highest BCUT2D eigenvalue weighted by Gasteiger charge is 2.48. The van der Waals surface area contributed by atoms with Gasteiger partial charge in [0.1, 0.15) is 49.1 Å². The van der Waals surface area contributed by atoms with E-state index in [0.717, 1.165) is 0 Å². The van der Waals surface area contributed by atoms with Crippen molar-refractivity contribution in [2.24, 2.45) is 5.41 Å². The molecule has 2 fully saturated rings. The van der Waals surface area contributed by atoms with Crippen molar-refractivity contribution in [1.82, 2.24) is 15.5 Å². The Kier molecular flexibility index (Phi) is 16.4. The number of aliphatic carboxylic acids is 1. The van der Waals surface area contributed by atoms with E-state index >= 15 is 0 Å². The van der Waals surface area contributed by atoms with Gasteiger partial charge in [0.05, 0.1) is 18.6 Å². The fourth-order valence-electron chi connectivity index (χ4n) is 5.19. The van der Waals surface area contributed by atoms with Crippen LogP contribution in [0.2, 0.25) is 0 Å². The summed E-state index contributed by atoms with van der Waals surface area (Å²) in [5.74, 6) is -2.85. The molecule has 18 heteroatoms. The number of hydrogen-bond acceptors (Lipinski definition) is 14. The molecule has 0 saturated carbocycles. The highest BCUT2D eigenvalue weighted by atomic mass is 16.7. The number of amides is 4. The predicted molar refractivity (Wildman–Crippen MR) is 182 cm³/mol. The van der Waals surface area contributed by atoms with Gasteiger partial charge in [-0.1, -0.05) is 6.42 Å². The number of hydrogen-bond donors (Lipinski definition) is 6. The van der Waals surface area contributed by atoms with Gasteiger partial charge in [-0.15, -0.1) is 0 Å². The average Bonchev–Trinajstić information content (AvgIpc) is 3.42. The second-order valence-electron chi connectivity index (χ2n) is 13.7. The Morgan fingerprint density at radius 1 is 0.962 bits per heavy atom. The minimum Gasteiger partial charge on any atom is -0.491 e. The zero-order chi connectivity index (χ0) is 39.3. The number of nitrogens with zero attached hydrogens (tertiary/aromatic N) is 1. The SMILES string of the molecule is C[C@@H](NC(=O)CCCCCN1C(=O)CCC1=O)C(=O)NCCOCCOc1ccc(COC(=O)C(C)(C)C)c(O[C@@H]2O[C@H](C(=O)O)[C@@H](O)[C@H](O)[C@H]2O)c1. The van der Waals surface area contributed by atoms with Crippen molar-refractivity contribution in [1.29, 1.82) is 0 Å². The van der Waals surface area contributed by atoms with Gasteiger partial charge in [-0.05, 0) is 52.7 Å². The van der Waals surface area contributed by atoms with Crippen molar-refractivity contribution in [3.8, 4) is 11.5 Å². The number of likely N-dealkylation sites (tertiary alicyclic amines) is 1. The van der Waals surface area contributed by atoms with Crippen LogP contribution in [-0.4, -0.2) is 131 Å². The van der Waals surface area contributed by atoms with E-state index in [2.05, 4.69) is 10.6 Å². The number of rotatable bonds is 20. The van der Waals surface area contributed by atoms with Crippen molar-refractivity contribution in [2.75, 3.05) is 32.9 Å². The molecular weight excluding hydrogens is 702 g/mol. The molecule has 0 bridgehead atoms. The summed E-state index contributed by atoms with van der Waals surface area (Å²) >= 11 is 0. The van der Waals surface area contributed by atoms with Crippen LogP contribution in [0.4, 0.5) is 0 Å². The summed E-state index contributed by atoms with van der Waals surface area (Å²) in [7, 11) is 0. The zero-order valence-corrected chi connectivity index (χ0v) is 30.4. The summed E-state index contributed by atoms with van der Waals surface area (Å²) in [6, 6.07) is 3.69. The third-order valence-corrected chi connectivity index (χ3v) is 8.32. The van der Waals surface area contributed by atoms with Gasteiger partial charge in [0.25, 0.3) is 0 Å². The number of benzene rings is 1. The van der Waals surface area contributed by atoms with E-state index in [1.807, 2.05) is 0 Å². The fourth-order valence-corrected chi connectivity index (χ4v) is 5.19. The highest BCUT2D eigenvalue weighted by molar-refractivity contribution is 6.01. The lowest BCUT2D eigenvalue weighted by atomic mass is 9.97. The van der Waals surface area contributed by atoms with E-state index in [1.165, 1.54) is 17.0 Å². The zero-order valence-electron chi connectivity index (χ0n) is 30.4. The maximum Gasteiger partial charge on any atom is 0.335 e. The van der Waals surface area contributed by atoms with E-state index in [1.54, 1.807) is 33.8 Å². The monoisotopic (exact) mass is 753 g/mol. The molecule has 6 atom stereocenters. The summed E-state index contributed by atoms with van der Waals surface area (Å²) in [6.07, 6.45) is -6.70. The van der Waals surface area contributed by atoms with E-state index < -0.39 is 60.0 Å². The molecule has 0 aromatic heterocycles. The lowest BCUT2D eigenvalue weighted by Gasteiger charge is -2.38. The summed E-state index contributed by atoms with van der Waals surface area (Å²) in [5.41, 5.74) is -0.497. The average molecular weight is 754 g/mol. The molecule has 4 amide bonds. The first kappa shape index (κ1) is 43.0. The van der Waals surface area contributed by atoms with Crippen molar-refractivity contribution < 1.29 is 72.9 Å². The molecule has 2 aliphatic heterocycles. The van der Waals surface area contributed by atoms with E-state index in [9.17, 15) is 49.2 Å². The van der Waals surface area contributed by atoms with Crippen LogP contribution in [0.1, 0.15) is 71.8 Å². The molecule has 2 heterocycles. The number of aliphatic hydroxyl groups excluding tert-OH is 3. The quantitative estimate of drug-likeness (QED) is 0.0571. The van der Waals surface area contributed by atoms with Gasteiger partial charge < -0.3 is 54.7 Å². The van der Waals surface area contributed by atoms with Gasteiger partial charge in [-0.25, -0.2) is 4.79 Å². The number of carboxylic acids is 1. The topological polar surface area (TPSA) is 257 Å². The first-order chi connectivity index (χ1) is 25.0. The molecule has 6 N–H and O–H groups in total. The van der Waals surface area contributed by atoms with Crippen molar-refractivity contribution >= 4 is 35.6 Å². The van der Waals surface area contributed by atoms with Crippen LogP contribution >= 0.6 is 0 Å². The van der Waals surface area contributed by atoms with E-state index in [-0.39, 0.29) is 81.5 Å². The lowest BCUT2D eigenvalue weighted by molar-refractivity contribution is -0.271. The third kappa shape index (κ3) is 13.2. The number of carboxylic acid groups (broad SMARTS) is 1. The number of aliphatic hydroxyl groups is 3. The van der Waals surface area contributed by atoms with Gasteiger partial charge in [0, 0.05) is 44.0 Å². The van der Waals surface area contributed by atoms with Gasteiger partial charge in [0.15, 0.2) is 6.10 Å². The number of unbranched alkanes of at least 4 members (excludes halogenated alkanes) is 2. The van der Waals surface area contributed by atoms with Gasteiger partial charge in [-0.2, -0.15) is 0 Å². The maximum absolute atomic E-state index is 12.4. The summed E-state index contributed by atoms with van der Waals surface area (Å²) in [6.45, 7) is 7.13. The Morgan fingerprint density at radius 3 is 2.32 bits per heavy atom. The number of ether oxygens (including phenoxy) is 5. The maximum atomic E-state index is 12.4. The molecule has 18 nitrogen and oxygen atoms in total. The Morgan fingerprint density at radius 2 is 1.66 bits per heavy atom. The van der Waals surface area contributed by atoms with Crippen molar-refractivity contribution in [3.05, 3.63) is 23.8 Å². The first-order valence-electron chi connectivity index (χ1n) is 17.5. The Labute approximate surface area is 307 Å². The van der Waals surface area contributed by atoms with Crippen LogP contribution in [0, 0.1) is 5.41 Å². The molecule has 2 saturated heterocycles. The summed E-state index contributed by atoms with van der Waals surface area (Å²) < 4.78 is 27.6. The lowest BCUT2D eigenvalue weighted by Crippen LogP contribution is -2.61. The van der Waals surface area contributed by atoms with Crippen molar-refractivity contribution in [2.45, 2.75) is 110 Å². The summed E-state index contributed by atoms with van der Waals surface area (Å²) in [5, 5.41) is 45.3. The molecule has 1 aromatic rings. The largest absolute Gasteiger partial charge is 0.491 e. The fraction of sp³-hybridized carbons (Fsp3) is 0.657. The number of carbonyl (C=O) groups excluding carboxylic acids is 5. The molecule has 1 aromatic carbocycles. The van der Waals surface area contributed by atoms with Gasteiger partial charge in [0.2, 0.25) is 29.9 Å². The second-order valence-corrected chi connectivity index (χ2v) is 13.7. The number of nitrogens with one attached hydrogen (secondary N) is 2. The molecule has 2 aliphatic rings. The Bertz CT molecular complexity index is 1430. The van der Waals surface area contributed by atoms with E-state index in [4.69, 9.17) is 23.7 Å². The third-order valence-electron chi connectivity index (χ3n) is 8.32. The van der Waals surface area contributed by atoms with Crippen LogP contribution in [0.5, 0.6) is 11.5 Å². The van der Waals surface area contributed by atoms with Crippen LogP contribution in [0.15, 0.2) is 18.2 Å². The number of esters is 1. The molecular formula is C35H51N3O15. The summed E-state index contributed by atoms with van der Waals surface area (Å²) in [4.78, 5) is 73.1. The molecule has 0 unspecified atom stereocenters. The van der Waals surface area contributed by atoms with Crippen LogP contribution in [-0.2, 0) is 49.6 Å². The molecule has 0 radical (unpaired) electrons. The van der Waals surface area contributed by atoms with E-state index in [0.29, 0.717) is 31.4 Å². The molecule has 53 heavy (non-hydrogen) atoms. The minimum absolute atomic E-state index is 0.0151.